The summed E-state index contributed by atoms with van der Waals surface area (Å²) in [7, 11) is 0. The van der Waals surface area contributed by atoms with Crippen molar-refractivity contribution >= 4 is 11.9 Å². The second-order valence-corrected chi connectivity index (χ2v) is 12.3. The van der Waals surface area contributed by atoms with E-state index in [-0.39, 0.29) is 25.2 Å². The van der Waals surface area contributed by atoms with Crippen molar-refractivity contribution < 1.29 is 24.2 Å². The normalized spacial score (nSPS) is 12.8. The Morgan fingerprint density at radius 3 is 1.41 bits per heavy atom. The first-order valence-electron chi connectivity index (χ1n) is 18.8. The molecule has 0 aromatic carbocycles. The van der Waals surface area contributed by atoms with Crippen LogP contribution in [0.4, 0.5) is 0 Å². The topological polar surface area (TPSA) is 72.8 Å². The molecule has 5 heteroatoms. The molecule has 0 aliphatic rings. The second-order valence-electron chi connectivity index (χ2n) is 12.3. The lowest BCUT2D eigenvalue weighted by Crippen LogP contribution is -2.28. The summed E-state index contributed by atoms with van der Waals surface area (Å²) in [5, 5.41) is 9.53. The lowest BCUT2D eigenvalue weighted by Gasteiger charge is -2.15. The number of carbonyl (C=O) groups excluding carboxylic acids is 2. The zero-order chi connectivity index (χ0) is 33.6. The van der Waals surface area contributed by atoms with Gasteiger partial charge in [0.05, 0.1) is 6.61 Å². The van der Waals surface area contributed by atoms with Crippen LogP contribution >= 0.6 is 0 Å². The minimum Gasteiger partial charge on any atom is -0.462 e. The number of aliphatic hydroxyl groups is 1. The van der Waals surface area contributed by atoms with Gasteiger partial charge in [0.2, 0.25) is 0 Å². The molecule has 1 N–H and O–H groups in total. The van der Waals surface area contributed by atoms with Gasteiger partial charge in [-0.15, -0.1) is 0 Å². The van der Waals surface area contributed by atoms with Crippen LogP contribution in [0.25, 0.3) is 0 Å². The summed E-state index contributed by atoms with van der Waals surface area (Å²) in [5.41, 5.74) is 0. The van der Waals surface area contributed by atoms with Crippen molar-refractivity contribution in [1.29, 1.82) is 0 Å². The van der Waals surface area contributed by atoms with Gasteiger partial charge in [0, 0.05) is 12.8 Å². The molecule has 1 atom stereocenters. The van der Waals surface area contributed by atoms with Crippen molar-refractivity contribution in [3.63, 3.8) is 0 Å². The molecular formula is C41H70O5. The van der Waals surface area contributed by atoms with E-state index in [9.17, 15) is 14.7 Å². The van der Waals surface area contributed by atoms with E-state index in [1.165, 1.54) is 64.2 Å². The van der Waals surface area contributed by atoms with Gasteiger partial charge in [0.1, 0.15) is 6.61 Å². The molecule has 0 aliphatic carbocycles. The maximum atomic E-state index is 12.1. The van der Waals surface area contributed by atoms with Gasteiger partial charge >= 0.3 is 11.9 Å². The van der Waals surface area contributed by atoms with Gasteiger partial charge < -0.3 is 14.6 Å². The maximum absolute atomic E-state index is 12.1. The van der Waals surface area contributed by atoms with Crippen LogP contribution in [-0.2, 0) is 19.1 Å². The quantitative estimate of drug-likeness (QED) is 0.0438. The average Bonchev–Trinajstić information content (AvgIpc) is 3.06. The number of hydrogen-bond donors (Lipinski definition) is 1. The van der Waals surface area contributed by atoms with E-state index in [2.05, 4.69) is 74.6 Å². The molecule has 0 amide bonds. The van der Waals surface area contributed by atoms with Gasteiger partial charge in [0.25, 0.3) is 0 Å². The molecule has 0 saturated carbocycles. The van der Waals surface area contributed by atoms with Crippen molar-refractivity contribution in [2.45, 2.75) is 174 Å². The summed E-state index contributed by atoms with van der Waals surface area (Å²) >= 11 is 0. The summed E-state index contributed by atoms with van der Waals surface area (Å²) in [6.07, 6.45) is 47.0. The first kappa shape index (κ1) is 43.6. The average molecular weight is 643 g/mol. The highest BCUT2D eigenvalue weighted by Gasteiger charge is 2.16. The Hall–Kier alpha value is -2.40. The van der Waals surface area contributed by atoms with Crippen molar-refractivity contribution in [1.82, 2.24) is 0 Å². The van der Waals surface area contributed by atoms with Gasteiger partial charge in [0.15, 0.2) is 6.10 Å². The number of hydrogen-bond acceptors (Lipinski definition) is 5. The van der Waals surface area contributed by atoms with Crippen LogP contribution in [0.2, 0.25) is 0 Å². The lowest BCUT2D eigenvalue weighted by atomic mass is 10.0. The summed E-state index contributed by atoms with van der Waals surface area (Å²) in [6.45, 7) is 3.98. The van der Waals surface area contributed by atoms with E-state index in [4.69, 9.17) is 9.47 Å². The fourth-order valence-corrected chi connectivity index (χ4v) is 4.99. The molecule has 0 bridgehead atoms. The molecular weight excluding hydrogens is 572 g/mol. The molecule has 0 aromatic heterocycles. The fourth-order valence-electron chi connectivity index (χ4n) is 4.99. The first-order chi connectivity index (χ1) is 22.6. The molecule has 0 unspecified atom stereocenters. The predicted molar refractivity (Wildman–Crippen MR) is 196 cm³/mol. The lowest BCUT2D eigenvalue weighted by molar-refractivity contribution is -0.161. The van der Waals surface area contributed by atoms with Crippen LogP contribution < -0.4 is 0 Å². The number of rotatable bonds is 33. The molecule has 264 valence electrons. The van der Waals surface area contributed by atoms with E-state index < -0.39 is 6.10 Å². The van der Waals surface area contributed by atoms with Crippen molar-refractivity contribution in [2.75, 3.05) is 13.2 Å². The Kier molecular flexibility index (Phi) is 35.1. The zero-order valence-electron chi connectivity index (χ0n) is 29.8. The van der Waals surface area contributed by atoms with Crippen LogP contribution in [-0.4, -0.2) is 36.4 Å². The van der Waals surface area contributed by atoms with Crippen LogP contribution in [0.1, 0.15) is 168 Å². The molecule has 46 heavy (non-hydrogen) atoms. The molecule has 0 heterocycles. The third-order valence-corrected chi connectivity index (χ3v) is 7.83. The summed E-state index contributed by atoms with van der Waals surface area (Å²) in [6, 6.07) is 0. The third kappa shape index (κ3) is 34.5. The van der Waals surface area contributed by atoms with Crippen LogP contribution in [0.5, 0.6) is 0 Å². The summed E-state index contributed by atoms with van der Waals surface area (Å²) < 4.78 is 10.6. The highest BCUT2D eigenvalue weighted by atomic mass is 16.6. The highest BCUT2D eigenvalue weighted by Crippen LogP contribution is 2.13. The maximum Gasteiger partial charge on any atom is 0.306 e. The number of unbranched alkanes of at least 4 members (excludes halogenated alkanes) is 15. The Morgan fingerprint density at radius 1 is 0.522 bits per heavy atom. The van der Waals surface area contributed by atoms with Crippen molar-refractivity contribution in [3.05, 3.63) is 60.8 Å². The minimum atomic E-state index is -0.784. The fraction of sp³-hybridized carbons (Fsp3) is 0.707. The van der Waals surface area contributed by atoms with Crippen LogP contribution in [0, 0.1) is 0 Å². The number of allylic oxidation sites excluding steroid dienone is 10. The van der Waals surface area contributed by atoms with Crippen molar-refractivity contribution in [2.24, 2.45) is 0 Å². The van der Waals surface area contributed by atoms with Crippen LogP contribution in [0.3, 0.4) is 0 Å². The Bertz CT molecular complexity index is 823. The largest absolute Gasteiger partial charge is 0.462 e. The van der Waals surface area contributed by atoms with Gasteiger partial charge in [-0.05, 0) is 57.8 Å². The molecule has 0 fully saturated rings. The number of aliphatic hydroxyl groups excluding tert-OH is 1. The minimum absolute atomic E-state index is 0.0836. The smallest absolute Gasteiger partial charge is 0.306 e. The molecule has 0 radical (unpaired) electrons. The molecule has 0 spiro atoms. The van der Waals surface area contributed by atoms with Gasteiger partial charge in [-0.3, -0.25) is 9.59 Å². The Labute approximate surface area is 283 Å². The van der Waals surface area contributed by atoms with E-state index in [0.29, 0.717) is 12.8 Å². The Balaban J connectivity index is 3.65. The zero-order valence-corrected chi connectivity index (χ0v) is 29.8. The molecule has 0 aromatic rings. The summed E-state index contributed by atoms with van der Waals surface area (Å²) in [5.74, 6) is -0.630. The SMILES string of the molecule is CC/C=C\C/C=C\C/C=C\C/C=C\C/C=C\CCCCCC(=O)OC[C@H](CO)OC(=O)CCCCCCCCCCCCCCC. The highest BCUT2D eigenvalue weighted by molar-refractivity contribution is 5.70. The van der Waals surface area contributed by atoms with Gasteiger partial charge in [-0.2, -0.15) is 0 Å². The number of carbonyl (C=O) groups is 2. The monoisotopic (exact) mass is 643 g/mol. The van der Waals surface area contributed by atoms with E-state index in [0.717, 1.165) is 77.0 Å². The van der Waals surface area contributed by atoms with Gasteiger partial charge in [-0.1, -0.05) is 158 Å². The standard InChI is InChI=1S/C41H70O5/c1-3-5-7-9-11-13-15-17-18-19-20-21-22-24-25-27-29-31-33-35-40(43)45-38-39(37-42)46-41(44)36-34-32-30-28-26-23-16-14-12-10-8-6-4-2/h5,7,11,13,17-18,20-21,24-25,39,42H,3-4,6,8-10,12,14-16,19,22-23,26-38H2,1-2H3/b7-5-,13-11-,18-17-,21-20-,25-24-/t39-/m0/s1. The molecule has 0 saturated heterocycles. The second kappa shape index (κ2) is 37.1. The molecule has 0 rings (SSSR count). The van der Waals surface area contributed by atoms with E-state index >= 15 is 0 Å². The number of esters is 2. The van der Waals surface area contributed by atoms with E-state index in [1.807, 2.05) is 0 Å². The summed E-state index contributed by atoms with van der Waals surface area (Å²) in [4.78, 5) is 24.2. The molecule has 0 aliphatic heterocycles. The molecule has 5 nitrogen and oxygen atoms in total. The first-order valence-corrected chi connectivity index (χ1v) is 18.8. The number of ether oxygens (including phenoxy) is 2. The Morgan fingerprint density at radius 2 is 0.935 bits per heavy atom. The third-order valence-electron chi connectivity index (χ3n) is 7.83. The predicted octanol–water partition coefficient (Wildman–Crippen LogP) is 11.6. The van der Waals surface area contributed by atoms with Gasteiger partial charge in [-0.25, -0.2) is 0 Å². The van der Waals surface area contributed by atoms with Crippen LogP contribution in [0.15, 0.2) is 60.8 Å². The van der Waals surface area contributed by atoms with E-state index in [1.54, 1.807) is 0 Å². The van der Waals surface area contributed by atoms with Crippen molar-refractivity contribution in [3.8, 4) is 0 Å².